The lowest BCUT2D eigenvalue weighted by Gasteiger charge is -2.19. The molecule has 1 aliphatic heterocycles. The summed E-state index contributed by atoms with van der Waals surface area (Å²) in [4.78, 5) is 12.0. The lowest BCUT2D eigenvalue weighted by molar-refractivity contribution is -0.124. The number of amides is 1. The number of hydrogen-bond donors (Lipinski definition) is 1. The van der Waals surface area contributed by atoms with Crippen LogP contribution in [0.3, 0.4) is 0 Å². The van der Waals surface area contributed by atoms with E-state index in [0.717, 1.165) is 17.0 Å². The van der Waals surface area contributed by atoms with Crippen LogP contribution >= 0.6 is 0 Å². The number of ether oxygens (including phenoxy) is 1. The predicted molar refractivity (Wildman–Crippen MR) is 68.4 cm³/mol. The Balaban J connectivity index is 2.46. The third-order valence-electron chi connectivity index (χ3n) is 3.11. The quantitative estimate of drug-likeness (QED) is 0.809. The van der Waals surface area contributed by atoms with Crippen LogP contribution in [-0.4, -0.2) is 12.5 Å². The minimum atomic E-state index is -0.493. The van der Waals surface area contributed by atoms with Crippen molar-refractivity contribution in [3.05, 3.63) is 23.8 Å². The van der Waals surface area contributed by atoms with Crippen LogP contribution in [0, 0.1) is 5.41 Å². The van der Waals surface area contributed by atoms with Gasteiger partial charge < -0.3 is 10.1 Å². The average Bonchev–Trinajstić information content (AvgIpc) is 2.36. The zero-order valence-electron chi connectivity index (χ0n) is 10.8. The first kappa shape index (κ1) is 12.0. The van der Waals surface area contributed by atoms with Crippen LogP contribution in [0.2, 0.25) is 0 Å². The van der Waals surface area contributed by atoms with Crippen molar-refractivity contribution in [2.45, 2.75) is 33.6 Å². The number of carbonyl (C=O) groups excluding carboxylic acids is 1. The molecule has 1 aliphatic rings. The molecule has 0 aliphatic carbocycles. The van der Waals surface area contributed by atoms with Gasteiger partial charge in [-0.15, -0.1) is 0 Å². The summed E-state index contributed by atoms with van der Waals surface area (Å²) in [5.41, 5.74) is 1.43. The Morgan fingerprint density at radius 1 is 1.35 bits per heavy atom. The van der Waals surface area contributed by atoms with Gasteiger partial charge in [0.1, 0.15) is 12.4 Å². The molecular formula is C14H19NO2. The highest BCUT2D eigenvalue weighted by Gasteiger charge is 2.33. The Kier molecular flexibility index (Phi) is 2.86. The zero-order chi connectivity index (χ0) is 12.6. The monoisotopic (exact) mass is 233 g/mol. The highest BCUT2D eigenvalue weighted by molar-refractivity contribution is 5.97. The molecule has 0 atom stereocenters. The first-order chi connectivity index (χ1) is 7.92. The standard InChI is InChI=1S/C14H19NO2/c1-9(2)10-6-5-7-11-12(10)17-8-14(3,4)13(16)15-11/h5-7,9H,8H2,1-4H3,(H,15,16). The van der Waals surface area contributed by atoms with Gasteiger partial charge in [-0.2, -0.15) is 0 Å². The van der Waals surface area contributed by atoms with Crippen molar-refractivity contribution < 1.29 is 9.53 Å². The SMILES string of the molecule is CC(C)c1cccc2c1OCC(C)(C)C(=O)N2. The van der Waals surface area contributed by atoms with Gasteiger partial charge in [-0.25, -0.2) is 0 Å². The van der Waals surface area contributed by atoms with Crippen molar-refractivity contribution in [1.29, 1.82) is 0 Å². The highest BCUT2D eigenvalue weighted by Crippen LogP contribution is 2.37. The van der Waals surface area contributed by atoms with Gasteiger partial charge in [-0.3, -0.25) is 4.79 Å². The van der Waals surface area contributed by atoms with Gasteiger partial charge in [0.25, 0.3) is 0 Å². The summed E-state index contributed by atoms with van der Waals surface area (Å²) in [6, 6.07) is 5.89. The summed E-state index contributed by atoms with van der Waals surface area (Å²) < 4.78 is 5.84. The van der Waals surface area contributed by atoms with E-state index < -0.39 is 5.41 Å². The maximum absolute atomic E-state index is 12.0. The summed E-state index contributed by atoms with van der Waals surface area (Å²) in [6.45, 7) is 8.44. The molecule has 0 bridgehead atoms. The molecule has 0 fully saturated rings. The molecule has 0 saturated heterocycles. The number of para-hydroxylation sites is 1. The van der Waals surface area contributed by atoms with E-state index in [1.165, 1.54) is 0 Å². The van der Waals surface area contributed by atoms with Gasteiger partial charge in [-0.1, -0.05) is 26.0 Å². The van der Waals surface area contributed by atoms with Gasteiger partial charge in [0, 0.05) is 0 Å². The summed E-state index contributed by atoms with van der Waals surface area (Å²) in [5, 5.41) is 2.94. The molecule has 1 N–H and O–H groups in total. The highest BCUT2D eigenvalue weighted by atomic mass is 16.5. The van der Waals surface area contributed by atoms with Crippen LogP contribution in [0.1, 0.15) is 39.2 Å². The van der Waals surface area contributed by atoms with E-state index >= 15 is 0 Å². The second-order valence-corrected chi connectivity index (χ2v) is 5.51. The van der Waals surface area contributed by atoms with E-state index in [0.29, 0.717) is 12.5 Å². The Morgan fingerprint density at radius 2 is 2.06 bits per heavy atom. The van der Waals surface area contributed by atoms with Crippen molar-refractivity contribution in [2.24, 2.45) is 5.41 Å². The minimum absolute atomic E-state index is 0.0113. The van der Waals surface area contributed by atoms with Crippen LogP contribution in [0.4, 0.5) is 5.69 Å². The van der Waals surface area contributed by atoms with E-state index in [4.69, 9.17) is 4.74 Å². The summed E-state index contributed by atoms with van der Waals surface area (Å²) in [6.07, 6.45) is 0. The lowest BCUT2D eigenvalue weighted by atomic mass is 9.94. The van der Waals surface area contributed by atoms with Crippen molar-refractivity contribution in [2.75, 3.05) is 11.9 Å². The maximum Gasteiger partial charge on any atom is 0.233 e. The molecule has 0 spiro atoms. The summed E-state index contributed by atoms with van der Waals surface area (Å²) in [5.74, 6) is 1.21. The van der Waals surface area contributed by atoms with E-state index in [1.807, 2.05) is 32.0 Å². The molecule has 92 valence electrons. The number of rotatable bonds is 1. The molecule has 3 heteroatoms. The summed E-state index contributed by atoms with van der Waals surface area (Å²) in [7, 11) is 0. The van der Waals surface area contributed by atoms with Crippen LogP contribution in [0.5, 0.6) is 5.75 Å². The van der Waals surface area contributed by atoms with E-state index in [-0.39, 0.29) is 5.91 Å². The predicted octanol–water partition coefficient (Wildman–Crippen LogP) is 3.17. The number of benzene rings is 1. The Labute approximate surface area is 102 Å². The third-order valence-corrected chi connectivity index (χ3v) is 3.11. The fourth-order valence-corrected chi connectivity index (χ4v) is 1.88. The van der Waals surface area contributed by atoms with Crippen molar-refractivity contribution in [1.82, 2.24) is 0 Å². The molecule has 17 heavy (non-hydrogen) atoms. The Morgan fingerprint density at radius 3 is 2.71 bits per heavy atom. The maximum atomic E-state index is 12.0. The smallest absolute Gasteiger partial charge is 0.233 e. The van der Waals surface area contributed by atoms with Gasteiger partial charge >= 0.3 is 0 Å². The molecule has 0 unspecified atom stereocenters. The van der Waals surface area contributed by atoms with Crippen molar-refractivity contribution >= 4 is 11.6 Å². The van der Waals surface area contributed by atoms with Crippen LogP contribution in [-0.2, 0) is 4.79 Å². The topological polar surface area (TPSA) is 38.3 Å². The van der Waals surface area contributed by atoms with Crippen molar-refractivity contribution in [3.63, 3.8) is 0 Å². The molecule has 0 radical (unpaired) electrons. The molecule has 2 rings (SSSR count). The normalized spacial score (nSPS) is 18.1. The first-order valence-electron chi connectivity index (χ1n) is 5.99. The van der Waals surface area contributed by atoms with Gasteiger partial charge in [-0.05, 0) is 31.4 Å². The fraction of sp³-hybridized carbons (Fsp3) is 0.500. The van der Waals surface area contributed by atoms with Crippen LogP contribution in [0.25, 0.3) is 0 Å². The summed E-state index contributed by atoms with van der Waals surface area (Å²) >= 11 is 0. The number of nitrogens with one attached hydrogen (secondary N) is 1. The number of anilines is 1. The Hall–Kier alpha value is -1.51. The lowest BCUT2D eigenvalue weighted by Crippen LogP contribution is -2.33. The molecule has 1 heterocycles. The zero-order valence-corrected chi connectivity index (χ0v) is 10.8. The van der Waals surface area contributed by atoms with E-state index in [2.05, 4.69) is 19.2 Å². The Bertz CT molecular complexity index is 450. The van der Waals surface area contributed by atoms with Gasteiger partial charge in [0.2, 0.25) is 5.91 Å². The fourth-order valence-electron chi connectivity index (χ4n) is 1.88. The number of fused-ring (bicyclic) bond motifs is 1. The second-order valence-electron chi connectivity index (χ2n) is 5.51. The molecule has 1 aromatic carbocycles. The minimum Gasteiger partial charge on any atom is -0.490 e. The van der Waals surface area contributed by atoms with Crippen molar-refractivity contribution in [3.8, 4) is 5.75 Å². The van der Waals surface area contributed by atoms with E-state index in [1.54, 1.807) is 0 Å². The molecule has 1 aromatic rings. The second kappa shape index (κ2) is 4.06. The average molecular weight is 233 g/mol. The van der Waals surface area contributed by atoms with Crippen LogP contribution < -0.4 is 10.1 Å². The molecule has 0 aromatic heterocycles. The van der Waals surface area contributed by atoms with Gasteiger partial charge in [0.15, 0.2) is 0 Å². The third kappa shape index (κ3) is 2.14. The number of carbonyl (C=O) groups is 1. The molecule has 0 saturated carbocycles. The number of hydrogen-bond acceptors (Lipinski definition) is 2. The van der Waals surface area contributed by atoms with Gasteiger partial charge in [0.05, 0.1) is 11.1 Å². The largest absolute Gasteiger partial charge is 0.490 e. The van der Waals surface area contributed by atoms with Crippen LogP contribution in [0.15, 0.2) is 18.2 Å². The molecule has 1 amide bonds. The first-order valence-corrected chi connectivity index (χ1v) is 5.99. The molecule has 3 nitrogen and oxygen atoms in total. The molecular weight excluding hydrogens is 214 g/mol. The van der Waals surface area contributed by atoms with E-state index in [9.17, 15) is 4.79 Å².